The van der Waals surface area contributed by atoms with Gasteiger partial charge in [0, 0.05) is 37.7 Å². The Morgan fingerprint density at radius 2 is 1.48 bits per heavy atom. The standard InChI is InChI=1S/C38H43N3O5/c42-25-28-11-13-31(14-12-28)36-21-35(24-41-19-5-10-34(41)26-43)45-37(46-36)32-17-15-30(16-18-32)33-9-4-8-29(20-33)23-40-38(44)39-22-27-6-2-1-3-7-27/h1-4,6-9,11-18,20,34-37,42-43H,5,10,19,21-26H2,(H2,39,40,44). The molecule has 0 saturated carbocycles. The van der Waals surface area contributed by atoms with Crippen molar-refractivity contribution in [2.24, 2.45) is 0 Å². The predicted octanol–water partition coefficient (Wildman–Crippen LogP) is 5.85. The number of hydrogen-bond donors (Lipinski definition) is 4. The highest BCUT2D eigenvalue weighted by molar-refractivity contribution is 5.74. The van der Waals surface area contributed by atoms with Crippen molar-refractivity contribution in [3.05, 3.63) is 131 Å². The van der Waals surface area contributed by atoms with E-state index in [1.54, 1.807) is 0 Å². The van der Waals surface area contributed by atoms with Gasteiger partial charge in [-0.3, -0.25) is 4.90 Å². The second-order valence-corrected chi connectivity index (χ2v) is 12.2. The van der Waals surface area contributed by atoms with E-state index in [1.807, 2.05) is 66.7 Å². The molecule has 4 N–H and O–H groups in total. The largest absolute Gasteiger partial charge is 0.395 e. The molecule has 4 unspecified atom stereocenters. The van der Waals surface area contributed by atoms with Crippen molar-refractivity contribution in [3.8, 4) is 11.1 Å². The molecular formula is C38H43N3O5. The van der Waals surface area contributed by atoms with Gasteiger partial charge in [-0.1, -0.05) is 97.1 Å². The van der Waals surface area contributed by atoms with Crippen LogP contribution in [0.2, 0.25) is 0 Å². The first-order chi connectivity index (χ1) is 22.6. The zero-order valence-electron chi connectivity index (χ0n) is 26.1. The van der Waals surface area contributed by atoms with Crippen LogP contribution in [0.1, 0.15) is 59.5 Å². The molecule has 4 aromatic rings. The van der Waals surface area contributed by atoms with Gasteiger partial charge in [0.2, 0.25) is 0 Å². The second-order valence-electron chi connectivity index (χ2n) is 12.2. The van der Waals surface area contributed by atoms with E-state index >= 15 is 0 Å². The molecule has 0 radical (unpaired) electrons. The highest BCUT2D eigenvalue weighted by Crippen LogP contribution is 2.39. The highest BCUT2D eigenvalue weighted by Gasteiger charge is 2.35. The first kappa shape index (κ1) is 31.9. The first-order valence-electron chi connectivity index (χ1n) is 16.2. The second kappa shape index (κ2) is 15.5. The first-order valence-corrected chi connectivity index (χ1v) is 16.2. The Morgan fingerprint density at radius 1 is 0.761 bits per heavy atom. The molecule has 46 heavy (non-hydrogen) atoms. The summed E-state index contributed by atoms with van der Waals surface area (Å²) in [6, 6.07) is 34.2. The minimum Gasteiger partial charge on any atom is -0.395 e. The summed E-state index contributed by atoms with van der Waals surface area (Å²) in [5.41, 5.74) is 7.06. The topological polar surface area (TPSA) is 103 Å². The molecule has 2 aliphatic rings. The van der Waals surface area contributed by atoms with Crippen LogP contribution < -0.4 is 10.6 Å². The van der Waals surface area contributed by atoms with E-state index in [4.69, 9.17) is 9.47 Å². The van der Waals surface area contributed by atoms with Crippen LogP contribution in [0.25, 0.3) is 11.1 Å². The molecule has 2 saturated heterocycles. The number of aliphatic hydroxyl groups excluding tert-OH is 2. The molecule has 8 heteroatoms. The van der Waals surface area contributed by atoms with Gasteiger partial charge in [0.1, 0.15) is 0 Å². The zero-order valence-corrected chi connectivity index (χ0v) is 26.1. The summed E-state index contributed by atoms with van der Waals surface area (Å²) >= 11 is 0. The Bertz CT molecular complexity index is 1550. The molecule has 0 aromatic heterocycles. The van der Waals surface area contributed by atoms with E-state index in [0.29, 0.717) is 19.5 Å². The van der Waals surface area contributed by atoms with Crippen LogP contribution in [-0.2, 0) is 29.2 Å². The monoisotopic (exact) mass is 621 g/mol. The Balaban J connectivity index is 1.11. The van der Waals surface area contributed by atoms with Gasteiger partial charge in [-0.25, -0.2) is 4.79 Å². The Morgan fingerprint density at radius 3 is 2.22 bits per heavy atom. The molecule has 4 aromatic carbocycles. The number of likely N-dealkylation sites (tertiary alicyclic amines) is 1. The summed E-state index contributed by atoms with van der Waals surface area (Å²) in [4.78, 5) is 14.7. The molecule has 2 amide bonds. The maximum Gasteiger partial charge on any atom is 0.315 e. The maximum atomic E-state index is 12.4. The van der Waals surface area contributed by atoms with Gasteiger partial charge in [-0.2, -0.15) is 0 Å². The van der Waals surface area contributed by atoms with E-state index in [9.17, 15) is 15.0 Å². The Kier molecular flexibility index (Phi) is 10.7. The lowest BCUT2D eigenvalue weighted by atomic mass is 9.99. The molecular weight excluding hydrogens is 578 g/mol. The number of amides is 2. The van der Waals surface area contributed by atoms with Crippen LogP contribution in [0, 0.1) is 0 Å². The van der Waals surface area contributed by atoms with Crippen LogP contribution in [-0.4, -0.2) is 53.0 Å². The molecule has 2 fully saturated rings. The lowest BCUT2D eigenvalue weighted by Crippen LogP contribution is -2.42. The Labute approximate surface area is 271 Å². The number of hydrogen-bond acceptors (Lipinski definition) is 6. The van der Waals surface area contributed by atoms with Gasteiger partial charge in [0.15, 0.2) is 6.29 Å². The summed E-state index contributed by atoms with van der Waals surface area (Å²) in [5, 5.41) is 25.2. The van der Waals surface area contributed by atoms with Gasteiger partial charge < -0.3 is 30.3 Å². The minimum atomic E-state index is -0.532. The summed E-state index contributed by atoms with van der Waals surface area (Å²) < 4.78 is 13.1. The van der Waals surface area contributed by atoms with Gasteiger partial charge in [-0.15, -0.1) is 0 Å². The lowest BCUT2D eigenvalue weighted by molar-refractivity contribution is -0.253. The van der Waals surface area contributed by atoms with Crippen LogP contribution >= 0.6 is 0 Å². The highest BCUT2D eigenvalue weighted by atomic mass is 16.7. The van der Waals surface area contributed by atoms with E-state index in [-0.39, 0.29) is 37.5 Å². The summed E-state index contributed by atoms with van der Waals surface area (Å²) in [7, 11) is 0. The third-order valence-electron chi connectivity index (χ3n) is 8.96. The number of benzene rings is 4. The van der Waals surface area contributed by atoms with Crippen molar-refractivity contribution in [3.63, 3.8) is 0 Å². The average Bonchev–Trinajstić information content (AvgIpc) is 3.57. The summed E-state index contributed by atoms with van der Waals surface area (Å²) in [5.74, 6) is 0. The SMILES string of the molecule is O=C(NCc1ccccc1)NCc1cccc(-c2ccc(C3OC(CN4CCCC4CO)CC(c4ccc(CO)cc4)O3)cc2)c1. The third-order valence-corrected chi connectivity index (χ3v) is 8.96. The molecule has 8 nitrogen and oxygen atoms in total. The predicted molar refractivity (Wildman–Crippen MR) is 177 cm³/mol. The number of urea groups is 1. The maximum absolute atomic E-state index is 12.4. The smallest absolute Gasteiger partial charge is 0.315 e. The van der Waals surface area contributed by atoms with Gasteiger partial charge >= 0.3 is 6.03 Å². The zero-order chi connectivity index (χ0) is 31.7. The fourth-order valence-electron chi connectivity index (χ4n) is 6.35. The molecule has 2 heterocycles. The number of rotatable bonds is 11. The summed E-state index contributed by atoms with van der Waals surface area (Å²) in [6.07, 6.45) is 2.07. The van der Waals surface area contributed by atoms with Crippen molar-refractivity contribution < 1.29 is 24.5 Å². The molecule has 2 aliphatic heterocycles. The lowest BCUT2D eigenvalue weighted by Gasteiger charge is -2.38. The van der Waals surface area contributed by atoms with Crippen molar-refractivity contribution in [1.29, 1.82) is 0 Å². The number of nitrogens with one attached hydrogen (secondary N) is 2. The van der Waals surface area contributed by atoms with Gasteiger partial charge in [0.05, 0.1) is 25.4 Å². The number of nitrogens with zero attached hydrogens (tertiary/aromatic N) is 1. The fourth-order valence-corrected chi connectivity index (χ4v) is 6.35. The molecule has 0 spiro atoms. The van der Waals surface area contributed by atoms with Crippen LogP contribution in [0.3, 0.4) is 0 Å². The number of carbonyl (C=O) groups excluding carboxylic acids is 1. The number of ether oxygens (including phenoxy) is 2. The van der Waals surface area contributed by atoms with E-state index < -0.39 is 6.29 Å². The normalized spacial score (nSPS) is 21.6. The molecule has 0 bridgehead atoms. The van der Waals surface area contributed by atoms with Crippen molar-refractivity contribution in [2.45, 2.75) is 63.5 Å². The summed E-state index contributed by atoms with van der Waals surface area (Å²) in [6.45, 7) is 2.79. The van der Waals surface area contributed by atoms with Crippen LogP contribution in [0.4, 0.5) is 4.79 Å². The quantitative estimate of drug-likeness (QED) is 0.168. The van der Waals surface area contributed by atoms with Crippen LogP contribution in [0.5, 0.6) is 0 Å². The fraction of sp³-hybridized carbons (Fsp3) is 0.342. The van der Waals surface area contributed by atoms with Gasteiger partial charge in [-0.05, 0) is 58.8 Å². The van der Waals surface area contributed by atoms with Crippen LogP contribution in [0.15, 0.2) is 103 Å². The van der Waals surface area contributed by atoms with Crippen molar-refractivity contribution in [1.82, 2.24) is 15.5 Å². The minimum absolute atomic E-state index is 0.00747. The van der Waals surface area contributed by atoms with Crippen molar-refractivity contribution >= 4 is 6.03 Å². The van der Waals surface area contributed by atoms with Gasteiger partial charge in [0.25, 0.3) is 0 Å². The third kappa shape index (κ3) is 8.20. The number of aliphatic hydroxyl groups is 2. The molecule has 0 aliphatic carbocycles. The average molecular weight is 622 g/mol. The molecule has 4 atom stereocenters. The Hall–Kier alpha value is -4.05. The van der Waals surface area contributed by atoms with E-state index in [1.165, 1.54) is 0 Å². The molecule has 6 rings (SSSR count). The molecule has 240 valence electrons. The number of carbonyl (C=O) groups is 1. The van der Waals surface area contributed by atoms with E-state index in [0.717, 1.165) is 64.9 Å². The van der Waals surface area contributed by atoms with E-state index in [2.05, 4.69) is 51.9 Å². The van der Waals surface area contributed by atoms with Crippen molar-refractivity contribution in [2.75, 3.05) is 19.7 Å².